The van der Waals surface area contributed by atoms with Gasteiger partial charge in [-0.2, -0.15) is 0 Å². The molecule has 0 aliphatic carbocycles. The number of ether oxygens (including phenoxy) is 1. The number of nitrogens with zero attached hydrogens (tertiary/aromatic N) is 2. The topological polar surface area (TPSA) is 103 Å². The van der Waals surface area contributed by atoms with E-state index in [4.69, 9.17) is 11.2 Å². The lowest BCUT2D eigenvalue weighted by atomic mass is 10.0. The number of benzene rings is 2. The molecule has 1 aromatic heterocycles. The van der Waals surface area contributed by atoms with Gasteiger partial charge in [0.1, 0.15) is 17.9 Å². The second-order valence-corrected chi connectivity index (χ2v) is 5.77. The standard InChI is InChI=1S/C20H14N2O5/c1-3-14-17(20(23)24)21-18-15(22(25)26)10-9-12(2)16(18)19(14)27-11-13-7-5-4-6-8-13/h1,4-10H,11H2,2H3,(H,23,24). The Morgan fingerprint density at radius 2 is 2.00 bits per heavy atom. The van der Waals surface area contributed by atoms with Crippen molar-refractivity contribution in [2.24, 2.45) is 0 Å². The summed E-state index contributed by atoms with van der Waals surface area (Å²) in [5.41, 5.74) is 0.590. The number of carbonyl (C=O) groups is 1. The SMILES string of the molecule is C#Cc1c(C(=O)O)nc2c([N+](=O)[O-])ccc(C)c2c1OCc1ccccc1. The van der Waals surface area contributed by atoms with E-state index in [1.807, 2.05) is 30.3 Å². The van der Waals surface area contributed by atoms with Crippen LogP contribution >= 0.6 is 0 Å². The molecule has 7 heteroatoms. The highest BCUT2D eigenvalue weighted by molar-refractivity contribution is 6.01. The molecule has 2 aromatic carbocycles. The predicted octanol–water partition coefficient (Wildman–Crippen LogP) is 3.71. The van der Waals surface area contributed by atoms with Gasteiger partial charge in [0, 0.05) is 6.07 Å². The molecule has 27 heavy (non-hydrogen) atoms. The van der Waals surface area contributed by atoms with Crippen molar-refractivity contribution in [2.75, 3.05) is 0 Å². The zero-order valence-electron chi connectivity index (χ0n) is 14.3. The largest absolute Gasteiger partial charge is 0.487 e. The monoisotopic (exact) mass is 362 g/mol. The Morgan fingerprint density at radius 1 is 1.30 bits per heavy atom. The molecule has 1 heterocycles. The van der Waals surface area contributed by atoms with Crippen LogP contribution in [0.1, 0.15) is 27.2 Å². The third-order valence-corrected chi connectivity index (χ3v) is 4.05. The van der Waals surface area contributed by atoms with E-state index in [0.29, 0.717) is 10.9 Å². The summed E-state index contributed by atoms with van der Waals surface area (Å²) in [7, 11) is 0. The van der Waals surface area contributed by atoms with Crippen molar-refractivity contribution in [3.8, 4) is 18.1 Å². The molecule has 0 saturated heterocycles. The number of pyridine rings is 1. The van der Waals surface area contributed by atoms with Crippen molar-refractivity contribution in [3.63, 3.8) is 0 Å². The Bertz CT molecular complexity index is 1100. The summed E-state index contributed by atoms with van der Waals surface area (Å²) in [4.78, 5) is 26.4. The van der Waals surface area contributed by atoms with Crippen molar-refractivity contribution < 1.29 is 19.6 Å². The van der Waals surface area contributed by atoms with Crippen LogP contribution in [0, 0.1) is 29.4 Å². The lowest BCUT2D eigenvalue weighted by molar-refractivity contribution is -0.383. The Balaban J connectivity index is 2.31. The van der Waals surface area contributed by atoms with Crippen LogP contribution in [-0.2, 0) is 6.61 Å². The number of aromatic carboxylic acids is 1. The number of carboxylic acid groups (broad SMARTS) is 1. The van der Waals surface area contributed by atoms with Crippen molar-refractivity contribution in [3.05, 3.63) is 75.0 Å². The molecular weight excluding hydrogens is 348 g/mol. The Labute approximate surface area is 154 Å². The maximum atomic E-state index is 11.6. The third-order valence-electron chi connectivity index (χ3n) is 4.05. The van der Waals surface area contributed by atoms with E-state index in [1.165, 1.54) is 6.07 Å². The van der Waals surface area contributed by atoms with E-state index < -0.39 is 16.6 Å². The van der Waals surface area contributed by atoms with Crippen molar-refractivity contribution in [1.29, 1.82) is 0 Å². The average Bonchev–Trinajstić information content (AvgIpc) is 2.66. The highest BCUT2D eigenvalue weighted by Gasteiger charge is 2.26. The summed E-state index contributed by atoms with van der Waals surface area (Å²) in [5, 5.41) is 21.2. The van der Waals surface area contributed by atoms with Crippen molar-refractivity contribution in [1.82, 2.24) is 4.98 Å². The van der Waals surface area contributed by atoms with Gasteiger partial charge < -0.3 is 9.84 Å². The molecule has 3 aromatic rings. The van der Waals surface area contributed by atoms with Gasteiger partial charge in [0.15, 0.2) is 11.2 Å². The van der Waals surface area contributed by atoms with E-state index in [0.717, 1.165) is 5.56 Å². The molecule has 0 aliphatic rings. The number of rotatable bonds is 5. The van der Waals surface area contributed by atoms with Crippen LogP contribution in [0.2, 0.25) is 0 Å². The van der Waals surface area contributed by atoms with E-state index in [9.17, 15) is 20.0 Å². The number of nitro groups is 1. The van der Waals surface area contributed by atoms with Crippen molar-refractivity contribution >= 4 is 22.6 Å². The summed E-state index contributed by atoms with van der Waals surface area (Å²) in [5.74, 6) is 1.03. The minimum absolute atomic E-state index is 0.0467. The number of aryl methyl sites for hydroxylation is 1. The smallest absolute Gasteiger partial charge is 0.355 e. The number of terminal acetylenes is 1. The lowest BCUT2D eigenvalue weighted by Crippen LogP contribution is -2.09. The van der Waals surface area contributed by atoms with Crippen LogP contribution < -0.4 is 4.74 Å². The molecule has 0 unspecified atom stereocenters. The number of carboxylic acids is 1. The molecule has 0 atom stereocenters. The minimum atomic E-state index is -1.38. The Kier molecular flexibility index (Phi) is 4.73. The van der Waals surface area contributed by atoms with Crippen LogP contribution in [0.4, 0.5) is 5.69 Å². The minimum Gasteiger partial charge on any atom is -0.487 e. The van der Waals surface area contributed by atoms with Crippen LogP contribution in [0.15, 0.2) is 42.5 Å². The summed E-state index contributed by atoms with van der Waals surface area (Å²) >= 11 is 0. The molecule has 1 N–H and O–H groups in total. The van der Waals surface area contributed by atoms with Crippen LogP contribution in [0.5, 0.6) is 5.75 Å². The van der Waals surface area contributed by atoms with Gasteiger partial charge in [-0.05, 0) is 18.1 Å². The van der Waals surface area contributed by atoms with Crippen LogP contribution in [0.3, 0.4) is 0 Å². The zero-order chi connectivity index (χ0) is 19.6. The first-order valence-electron chi connectivity index (χ1n) is 7.92. The van der Waals surface area contributed by atoms with E-state index >= 15 is 0 Å². The summed E-state index contributed by atoms with van der Waals surface area (Å²) in [6.45, 7) is 1.85. The second-order valence-electron chi connectivity index (χ2n) is 5.77. The third kappa shape index (κ3) is 3.28. The molecule has 0 amide bonds. The van der Waals surface area contributed by atoms with Gasteiger partial charge in [0.2, 0.25) is 0 Å². The maximum absolute atomic E-state index is 11.6. The fourth-order valence-electron chi connectivity index (χ4n) is 2.79. The molecule has 0 fully saturated rings. The normalized spacial score (nSPS) is 10.4. The number of fused-ring (bicyclic) bond motifs is 1. The molecule has 3 rings (SSSR count). The quantitative estimate of drug-likeness (QED) is 0.422. The van der Waals surface area contributed by atoms with Gasteiger partial charge in [-0.25, -0.2) is 9.78 Å². The Hall–Kier alpha value is -3.92. The number of hydrogen-bond donors (Lipinski definition) is 1. The van der Waals surface area contributed by atoms with Gasteiger partial charge in [-0.1, -0.05) is 42.3 Å². The van der Waals surface area contributed by atoms with Gasteiger partial charge in [0.05, 0.1) is 10.3 Å². The molecule has 134 valence electrons. The Morgan fingerprint density at radius 3 is 2.59 bits per heavy atom. The van der Waals surface area contributed by atoms with Crippen LogP contribution in [0.25, 0.3) is 10.9 Å². The van der Waals surface area contributed by atoms with Crippen LogP contribution in [-0.4, -0.2) is 21.0 Å². The molecule has 0 spiro atoms. The summed E-state index contributed by atoms with van der Waals surface area (Å²) in [6, 6.07) is 12.0. The summed E-state index contributed by atoms with van der Waals surface area (Å²) < 4.78 is 5.87. The number of aromatic nitrogens is 1. The zero-order valence-corrected chi connectivity index (χ0v) is 14.3. The first kappa shape index (κ1) is 17.9. The highest BCUT2D eigenvalue weighted by Crippen LogP contribution is 2.37. The average molecular weight is 362 g/mol. The number of nitro benzene ring substituents is 1. The van der Waals surface area contributed by atoms with Gasteiger partial charge in [0.25, 0.3) is 5.69 Å². The second kappa shape index (κ2) is 7.14. The van der Waals surface area contributed by atoms with Gasteiger partial charge in [-0.15, -0.1) is 6.42 Å². The number of hydrogen-bond acceptors (Lipinski definition) is 5. The van der Waals surface area contributed by atoms with E-state index in [-0.39, 0.29) is 29.1 Å². The molecule has 0 aliphatic heterocycles. The molecular formula is C20H14N2O5. The first-order valence-corrected chi connectivity index (χ1v) is 7.92. The highest BCUT2D eigenvalue weighted by atomic mass is 16.6. The van der Waals surface area contributed by atoms with Crippen molar-refractivity contribution in [2.45, 2.75) is 13.5 Å². The molecule has 0 saturated carbocycles. The maximum Gasteiger partial charge on any atom is 0.355 e. The fourth-order valence-corrected chi connectivity index (χ4v) is 2.79. The van der Waals surface area contributed by atoms with E-state index in [1.54, 1.807) is 13.0 Å². The van der Waals surface area contributed by atoms with E-state index in [2.05, 4.69) is 10.9 Å². The van der Waals surface area contributed by atoms with Gasteiger partial charge >= 0.3 is 5.97 Å². The van der Waals surface area contributed by atoms with Gasteiger partial charge in [-0.3, -0.25) is 10.1 Å². The molecule has 0 radical (unpaired) electrons. The number of non-ortho nitro benzene ring substituents is 1. The molecule has 0 bridgehead atoms. The first-order chi connectivity index (χ1) is 12.9. The lowest BCUT2D eigenvalue weighted by Gasteiger charge is -2.15. The predicted molar refractivity (Wildman–Crippen MR) is 98.8 cm³/mol. The molecule has 7 nitrogen and oxygen atoms in total. The fraction of sp³-hybridized carbons (Fsp3) is 0.100. The summed E-state index contributed by atoms with van der Waals surface area (Å²) in [6.07, 6.45) is 5.53.